The van der Waals surface area contributed by atoms with E-state index in [4.69, 9.17) is 9.84 Å². The van der Waals surface area contributed by atoms with Crippen LogP contribution >= 0.6 is 0 Å². The molecule has 1 aromatic carbocycles. The summed E-state index contributed by atoms with van der Waals surface area (Å²) in [5, 5.41) is 18.1. The number of hydrogen-bond acceptors (Lipinski definition) is 4. The molecule has 0 fully saturated rings. The molecule has 0 unspecified atom stereocenters. The second-order valence-electron chi connectivity index (χ2n) is 3.98. The SMILES string of the molecule is CC(C)(O)C(=O)c1ccc(OCCO)cc1.[HH]. The number of carbonyl (C=O) groups excluding carboxylic acids is 1. The normalized spacial score (nSPS) is 11.2. The molecule has 16 heavy (non-hydrogen) atoms. The van der Waals surface area contributed by atoms with Gasteiger partial charge in [-0.2, -0.15) is 0 Å². The molecule has 0 aliphatic carbocycles. The fourth-order valence-electron chi connectivity index (χ4n) is 1.22. The van der Waals surface area contributed by atoms with E-state index in [-0.39, 0.29) is 20.4 Å². The Bertz CT molecular complexity index is 354. The van der Waals surface area contributed by atoms with Crippen LogP contribution in [-0.4, -0.2) is 34.8 Å². The molecule has 0 aliphatic heterocycles. The zero-order valence-corrected chi connectivity index (χ0v) is 9.43. The minimum atomic E-state index is -1.37. The Labute approximate surface area is 96.0 Å². The van der Waals surface area contributed by atoms with Gasteiger partial charge in [-0.05, 0) is 38.1 Å². The molecule has 0 bridgehead atoms. The molecule has 0 radical (unpaired) electrons. The standard InChI is InChI=1S/C12H16O4.H2/c1-12(2,15)11(14)9-3-5-10(6-4-9)16-8-7-13;/h3-6,13,15H,7-8H2,1-2H3;1H. The first kappa shape index (κ1) is 12.7. The maximum atomic E-state index is 11.7. The summed E-state index contributed by atoms with van der Waals surface area (Å²) in [6.45, 7) is 3.07. The lowest BCUT2D eigenvalue weighted by Crippen LogP contribution is -2.30. The summed E-state index contributed by atoms with van der Waals surface area (Å²) >= 11 is 0. The van der Waals surface area contributed by atoms with Crippen molar-refractivity contribution in [1.29, 1.82) is 0 Å². The van der Waals surface area contributed by atoms with Gasteiger partial charge < -0.3 is 14.9 Å². The number of carbonyl (C=O) groups is 1. The van der Waals surface area contributed by atoms with E-state index in [1.54, 1.807) is 24.3 Å². The predicted molar refractivity (Wildman–Crippen MR) is 61.8 cm³/mol. The average Bonchev–Trinajstić information content (AvgIpc) is 2.25. The van der Waals surface area contributed by atoms with Crippen molar-refractivity contribution in [3.8, 4) is 5.75 Å². The summed E-state index contributed by atoms with van der Waals surface area (Å²) in [4.78, 5) is 11.7. The van der Waals surface area contributed by atoms with Crippen LogP contribution in [0.4, 0.5) is 0 Å². The van der Waals surface area contributed by atoms with Gasteiger partial charge in [0.1, 0.15) is 18.0 Å². The summed E-state index contributed by atoms with van der Waals surface area (Å²) in [5.41, 5.74) is -0.933. The molecule has 1 rings (SSSR count). The Morgan fingerprint density at radius 2 is 1.94 bits per heavy atom. The van der Waals surface area contributed by atoms with E-state index in [1.165, 1.54) is 13.8 Å². The monoisotopic (exact) mass is 226 g/mol. The van der Waals surface area contributed by atoms with Crippen molar-refractivity contribution in [3.05, 3.63) is 29.8 Å². The van der Waals surface area contributed by atoms with Gasteiger partial charge in [0.15, 0.2) is 5.78 Å². The lowest BCUT2D eigenvalue weighted by Gasteiger charge is -2.15. The van der Waals surface area contributed by atoms with E-state index in [0.29, 0.717) is 11.3 Å². The van der Waals surface area contributed by atoms with Gasteiger partial charge in [0.25, 0.3) is 0 Å². The van der Waals surface area contributed by atoms with Crippen LogP contribution in [0.1, 0.15) is 25.6 Å². The van der Waals surface area contributed by atoms with Gasteiger partial charge in [-0.25, -0.2) is 0 Å². The van der Waals surface area contributed by atoms with Crippen molar-refractivity contribution in [2.75, 3.05) is 13.2 Å². The highest BCUT2D eigenvalue weighted by Gasteiger charge is 2.24. The van der Waals surface area contributed by atoms with Gasteiger partial charge in [0, 0.05) is 6.99 Å². The molecule has 2 N–H and O–H groups in total. The van der Waals surface area contributed by atoms with Crippen LogP contribution in [0.5, 0.6) is 5.75 Å². The lowest BCUT2D eigenvalue weighted by molar-refractivity contribution is 0.0488. The summed E-state index contributed by atoms with van der Waals surface area (Å²) < 4.78 is 5.15. The molecule has 0 aromatic heterocycles. The topological polar surface area (TPSA) is 66.8 Å². The minimum Gasteiger partial charge on any atom is -0.491 e. The molecule has 90 valence electrons. The fourth-order valence-corrected chi connectivity index (χ4v) is 1.22. The second kappa shape index (κ2) is 5.09. The van der Waals surface area contributed by atoms with Crippen molar-refractivity contribution >= 4 is 5.78 Å². The van der Waals surface area contributed by atoms with E-state index < -0.39 is 5.60 Å². The molecule has 0 saturated heterocycles. The summed E-state index contributed by atoms with van der Waals surface area (Å²) in [7, 11) is 0. The van der Waals surface area contributed by atoms with Crippen LogP contribution in [0, 0.1) is 0 Å². The molecular weight excluding hydrogens is 208 g/mol. The molecule has 0 aliphatic rings. The first-order valence-corrected chi connectivity index (χ1v) is 5.06. The van der Waals surface area contributed by atoms with Gasteiger partial charge in [-0.15, -0.1) is 0 Å². The maximum Gasteiger partial charge on any atom is 0.193 e. The number of rotatable bonds is 5. The van der Waals surface area contributed by atoms with Crippen LogP contribution in [0.2, 0.25) is 0 Å². The Kier molecular flexibility index (Phi) is 4.04. The molecule has 0 amide bonds. The molecule has 0 heterocycles. The molecule has 0 atom stereocenters. The molecular formula is C12H18O4. The number of hydrogen-bond donors (Lipinski definition) is 2. The van der Waals surface area contributed by atoms with Gasteiger partial charge in [0.05, 0.1) is 6.61 Å². The van der Waals surface area contributed by atoms with Crippen molar-refractivity contribution in [3.63, 3.8) is 0 Å². The van der Waals surface area contributed by atoms with Crippen molar-refractivity contribution < 1.29 is 21.2 Å². The number of aliphatic hydroxyl groups is 2. The van der Waals surface area contributed by atoms with Crippen LogP contribution in [-0.2, 0) is 0 Å². The molecule has 1 aromatic rings. The van der Waals surface area contributed by atoms with E-state index in [1.807, 2.05) is 0 Å². The average molecular weight is 226 g/mol. The Morgan fingerprint density at radius 3 is 2.38 bits per heavy atom. The van der Waals surface area contributed by atoms with Crippen LogP contribution in [0.15, 0.2) is 24.3 Å². The second-order valence-corrected chi connectivity index (χ2v) is 3.98. The van der Waals surface area contributed by atoms with Crippen molar-refractivity contribution in [1.82, 2.24) is 0 Å². The number of aliphatic hydroxyl groups excluding tert-OH is 1. The Morgan fingerprint density at radius 1 is 1.38 bits per heavy atom. The number of Topliss-reactive ketones (excluding diaryl/α,β-unsaturated/α-hetero) is 1. The highest BCUT2D eigenvalue weighted by molar-refractivity contribution is 6.01. The largest absolute Gasteiger partial charge is 0.491 e. The quantitative estimate of drug-likeness (QED) is 0.742. The number of ether oxygens (including phenoxy) is 1. The fraction of sp³-hybridized carbons (Fsp3) is 0.417. The summed E-state index contributed by atoms with van der Waals surface area (Å²) in [6.07, 6.45) is 0. The summed E-state index contributed by atoms with van der Waals surface area (Å²) in [5.74, 6) is 0.252. The third kappa shape index (κ3) is 3.32. The van der Waals surface area contributed by atoms with Gasteiger partial charge in [-0.3, -0.25) is 4.79 Å². The Balaban J connectivity index is 0.00000256. The molecule has 0 saturated carbocycles. The van der Waals surface area contributed by atoms with E-state index in [2.05, 4.69) is 0 Å². The van der Waals surface area contributed by atoms with Gasteiger partial charge >= 0.3 is 0 Å². The first-order chi connectivity index (χ1) is 7.45. The maximum absolute atomic E-state index is 11.7. The van der Waals surface area contributed by atoms with Crippen LogP contribution < -0.4 is 4.74 Å². The highest BCUT2D eigenvalue weighted by Crippen LogP contribution is 2.16. The summed E-state index contributed by atoms with van der Waals surface area (Å²) in [6, 6.07) is 6.45. The van der Waals surface area contributed by atoms with Gasteiger partial charge in [-0.1, -0.05) is 0 Å². The van der Waals surface area contributed by atoms with E-state index in [9.17, 15) is 9.90 Å². The van der Waals surface area contributed by atoms with Crippen LogP contribution in [0.25, 0.3) is 0 Å². The Hall–Kier alpha value is -1.39. The van der Waals surface area contributed by atoms with Crippen molar-refractivity contribution in [2.24, 2.45) is 0 Å². The lowest BCUT2D eigenvalue weighted by atomic mass is 9.97. The molecule has 4 nitrogen and oxygen atoms in total. The zero-order chi connectivity index (χ0) is 12.2. The predicted octanol–water partition coefficient (Wildman–Crippen LogP) is 1.26. The minimum absolute atomic E-state index is 0. The van der Waals surface area contributed by atoms with E-state index in [0.717, 1.165) is 0 Å². The highest BCUT2D eigenvalue weighted by atomic mass is 16.5. The van der Waals surface area contributed by atoms with Crippen molar-refractivity contribution in [2.45, 2.75) is 19.4 Å². The third-order valence-electron chi connectivity index (χ3n) is 2.03. The molecule has 0 spiro atoms. The third-order valence-corrected chi connectivity index (χ3v) is 2.03. The zero-order valence-electron chi connectivity index (χ0n) is 9.43. The number of ketones is 1. The molecule has 4 heteroatoms. The van der Waals surface area contributed by atoms with Gasteiger partial charge in [0.2, 0.25) is 0 Å². The smallest absolute Gasteiger partial charge is 0.193 e. The first-order valence-electron chi connectivity index (χ1n) is 5.06. The van der Waals surface area contributed by atoms with E-state index >= 15 is 0 Å². The van der Waals surface area contributed by atoms with Crippen LogP contribution in [0.3, 0.4) is 0 Å². The number of benzene rings is 1.